The smallest absolute Gasteiger partial charge is 0.146 e. The molecule has 0 saturated carbocycles. The summed E-state index contributed by atoms with van der Waals surface area (Å²) < 4.78 is 0. The van der Waals surface area contributed by atoms with Crippen molar-refractivity contribution < 1.29 is 4.79 Å². The van der Waals surface area contributed by atoms with Crippen molar-refractivity contribution in [3.63, 3.8) is 0 Å². The molecule has 3 nitrogen and oxygen atoms in total. The zero-order valence-electron chi connectivity index (χ0n) is 9.73. The van der Waals surface area contributed by atoms with Crippen molar-refractivity contribution in [1.29, 1.82) is 0 Å². The summed E-state index contributed by atoms with van der Waals surface area (Å²) in [4.78, 5) is 11.1. The van der Waals surface area contributed by atoms with Crippen LogP contribution in [0.1, 0.15) is 39.5 Å². The molecule has 0 saturated heterocycles. The van der Waals surface area contributed by atoms with Crippen LogP contribution in [0.15, 0.2) is 0 Å². The fraction of sp³-hybridized carbons (Fsp3) is 0.909. The second kappa shape index (κ2) is 9.16. The van der Waals surface area contributed by atoms with Crippen molar-refractivity contribution in [2.75, 3.05) is 20.1 Å². The van der Waals surface area contributed by atoms with Crippen molar-refractivity contribution in [3.05, 3.63) is 0 Å². The summed E-state index contributed by atoms with van der Waals surface area (Å²) in [6, 6.07) is 0.0566. The third kappa shape index (κ3) is 7.04. The van der Waals surface area contributed by atoms with E-state index in [1.807, 2.05) is 7.05 Å². The summed E-state index contributed by atoms with van der Waals surface area (Å²) in [5, 5.41) is 6.38. The molecule has 0 amide bonds. The Kier molecular flexibility index (Phi) is 8.89. The van der Waals surface area contributed by atoms with E-state index in [0.717, 1.165) is 32.4 Å². The predicted octanol–water partition coefficient (Wildman–Crippen LogP) is 1.33. The van der Waals surface area contributed by atoms with Gasteiger partial charge in [0.1, 0.15) is 5.78 Å². The maximum Gasteiger partial charge on any atom is 0.146 e. The molecular formula is C11H24N2O. The average molecular weight is 200 g/mol. The van der Waals surface area contributed by atoms with Crippen LogP contribution in [0.25, 0.3) is 0 Å². The second-order valence-electron chi connectivity index (χ2n) is 3.70. The quantitative estimate of drug-likeness (QED) is 0.552. The lowest BCUT2D eigenvalue weighted by atomic mass is 10.1. The van der Waals surface area contributed by atoms with Gasteiger partial charge in [-0.15, -0.1) is 0 Å². The highest BCUT2D eigenvalue weighted by molar-refractivity contribution is 5.81. The molecule has 0 aliphatic carbocycles. The van der Waals surface area contributed by atoms with Crippen LogP contribution in [0, 0.1) is 0 Å². The molecule has 0 rings (SSSR count). The molecule has 0 spiro atoms. The van der Waals surface area contributed by atoms with Crippen molar-refractivity contribution in [2.24, 2.45) is 0 Å². The lowest BCUT2D eigenvalue weighted by Crippen LogP contribution is -2.32. The van der Waals surface area contributed by atoms with E-state index < -0.39 is 0 Å². The van der Waals surface area contributed by atoms with Crippen LogP contribution >= 0.6 is 0 Å². The number of carbonyl (C=O) groups is 1. The van der Waals surface area contributed by atoms with Crippen molar-refractivity contribution >= 4 is 5.78 Å². The van der Waals surface area contributed by atoms with E-state index in [1.165, 1.54) is 6.42 Å². The van der Waals surface area contributed by atoms with Crippen molar-refractivity contribution in [2.45, 2.75) is 45.6 Å². The van der Waals surface area contributed by atoms with Crippen LogP contribution in [0.5, 0.6) is 0 Å². The Morgan fingerprint density at radius 3 is 2.50 bits per heavy atom. The number of ketones is 1. The molecule has 0 aliphatic heterocycles. The Morgan fingerprint density at radius 1 is 1.29 bits per heavy atom. The van der Waals surface area contributed by atoms with Crippen LogP contribution in [0.4, 0.5) is 0 Å². The van der Waals surface area contributed by atoms with Gasteiger partial charge in [0.2, 0.25) is 0 Å². The van der Waals surface area contributed by atoms with Crippen molar-refractivity contribution in [3.8, 4) is 0 Å². The summed E-state index contributed by atoms with van der Waals surface area (Å²) in [5.74, 6) is 0.244. The summed E-state index contributed by atoms with van der Waals surface area (Å²) in [6.07, 6.45) is 4.42. The number of hydrogen-bond acceptors (Lipinski definition) is 3. The first-order valence-electron chi connectivity index (χ1n) is 5.60. The third-order valence-corrected chi connectivity index (χ3v) is 2.36. The highest BCUT2D eigenvalue weighted by atomic mass is 16.1. The second-order valence-corrected chi connectivity index (χ2v) is 3.70. The highest BCUT2D eigenvalue weighted by Crippen LogP contribution is 2.00. The summed E-state index contributed by atoms with van der Waals surface area (Å²) in [6.45, 7) is 5.99. The molecule has 14 heavy (non-hydrogen) atoms. The number of Topliss-reactive ketones (excluding diaryl/α,β-unsaturated/α-hetero) is 1. The molecule has 2 N–H and O–H groups in total. The molecule has 0 radical (unpaired) electrons. The lowest BCUT2D eigenvalue weighted by Gasteiger charge is -2.12. The van der Waals surface area contributed by atoms with Crippen LogP contribution in [-0.2, 0) is 4.79 Å². The maximum absolute atomic E-state index is 11.1. The number of carbonyl (C=O) groups excluding carboxylic acids is 1. The molecule has 3 heteroatoms. The topological polar surface area (TPSA) is 41.1 Å². The molecule has 0 aromatic rings. The van der Waals surface area contributed by atoms with Gasteiger partial charge in [-0.2, -0.15) is 0 Å². The number of likely N-dealkylation sites (N-methyl/N-ethyl adjacent to an activating group) is 1. The van der Waals surface area contributed by atoms with E-state index in [2.05, 4.69) is 17.6 Å². The van der Waals surface area contributed by atoms with Gasteiger partial charge in [0, 0.05) is 0 Å². The molecule has 0 aromatic carbocycles. The fourth-order valence-electron chi connectivity index (χ4n) is 1.45. The largest absolute Gasteiger partial charge is 0.317 e. The van der Waals surface area contributed by atoms with Gasteiger partial charge in [-0.1, -0.05) is 13.3 Å². The molecule has 1 unspecified atom stereocenters. The van der Waals surface area contributed by atoms with E-state index in [1.54, 1.807) is 6.92 Å². The molecule has 84 valence electrons. The molecular weight excluding hydrogens is 176 g/mol. The van der Waals surface area contributed by atoms with Gasteiger partial charge >= 0.3 is 0 Å². The molecule has 0 bridgehead atoms. The number of nitrogens with one attached hydrogen (secondary N) is 2. The monoisotopic (exact) mass is 200 g/mol. The van der Waals surface area contributed by atoms with Crippen LogP contribution in [0.3, 0.4) is 0 Å². The van der Waals surface area contributed by atoms with Gasteiger partial charge in [0.05, 0.1) is 6.04 Å². The van der Waals surface area contributed by atoms with E-state index in [-0.39, 0.29) is 11.8 Å². The number of rotatable bonds is 9. The van der Waals surface area contributed by atoms with E-state index in [9.17, 15) is 4.79 Å². The molecule has 0 fully saturated rings. The van der Waals surface area contributed by atoms with E-state index in [0.29, 0.717) is 0 Å². The van der Waals surface area contributed by atoms with Gasteiger partial charge < -0.3 is 10.6 Å². The third-order valence-electron chi connectivity index (χ3n) is 2.36. The summed E-state index contributed by atoms with van der Waals surface area (Å²) >= 11 is 0. The first kappa shape index (κ1) is 13.6. The Balaban J connectivity index is 3.29. The van der Waals surface area contributed by atoms with Crippen LogP contribution in [0.2, 0.25) is 0 Å². The first-order chi connectivity index (χ1) is 6.72. The molecule has 1 atom stereocenters. The Hall–Kier alpha value is -0.410. The minimum absolute atomic E-state index is 0.0566. The molecule has 0 heterocycles. The molecule has 0 aliphatic rings. The SMILES string of the molecule is CCCNCCCCC(NC)C(C)=O. The number of hydrogen-bond donors (Lipinski definition) is 2. The first-order valence-corrected chi connectivity index (χ1v) is 5.60. The summed E-state index contributed by atoms with van der Waals surface area (Å²) in [5.41, 5.74) is 0. The van der Waals surface area contributed by atoms with E-state index in [4.69, 9.17) is 0 Å². The minimum Gasteiger partial charge on any atom is -0.317 e. The van der Waals surface area contributed by atoms with Crippen molar-refractivity contribution in [1.82, 2.24) is 10.6 Å². The standard InChI is InChI=1S/C11H24N2O/c1-4-8-13-9-6-5-7-11(12-3)10(2)14/h11-13H,4-9H2,1-3H3. The van der Waals surface area contributed by atoms with Crippen LogP contribution in [-0.4, -0.2) is 32.0 Å². The maximum atomic E-state index is 11.1. The molecule has 0 aromatic heterocycles. The zero-order chi connectivity index (χ0) is 10.8. The normalized spacial score (nSPS) is 12.8. The van der Waals surface area contributed by atoms with Gasteiger partial charge in [-0.25, -0.2) is 0 Å². The summed E-state index contributed by atoms with van der Waals surface area (Å²) in [7, 11) is 1.85. The average Bonchev–Trinajstić information content (AvgIpc) is 2.16. The van der Waals surface area contributed by atoms with Gasteiger partial charge in [0.15, 0.2) is 0 Å². The Labute approximate surface area is 87.6 Å². The Morgan fingerprint density at radius 2 is 2.00 bits per heavy atom. The van der Waals surface area contributed by atoms with Crippen LogP contribution < -0.4 is 10.6 Å². The fourth-order valence-corrected chi connectivity index (χ4v) is 1.45. The van der Waals surface area contributed by atoms with Gasteiger partial charge in [0.25, 0.3) is 0 Å². The van der Waals surface area contributed by atoms with Gasteiger partial charge in [-0.05, 0) is 46.3 Å². The van der Waals surface area contributed by atoms with E-state index >= 15 is 0 Å². The predicted molar refractivity (Wildman–Crippen MR) is 60.5 cm³/mol. The Bertz CT molecular complexity index is 148. The lowest BCUT2D eigenvalue weighted by molar-refractivity contribution is -0.119. The highest BCUT2D eigenvalue weighted by Gasteiger charge is 2.09. The minimum atomic E-state index is 0.0566. The number of unbranched alkanes of at least 4 members (excludes halogenated alkanes) is 1. The van der Waals surface area contributed by atoms with Gasteiger partial charge in [-0.3, -0.25) is 4.79 Å². The zero-order valence-corrected chi connectivity index (χ0v) is 9.73.